The zero-order valence-corrected chi connectivity index (χ0v) is 9.58. The SMILES string of the molecule is O=C(Nc1ccccc1)c1ccn2ccncc12. The Balaban J connectivity index is 1.93. The number of hydrogen-bond acceptors (Lipinski definition) is 2. The molecular formula is C14H11N3O. The Hall–Kier alpha value is -2.62. The van der Waals surface area contributed by atoms with Gasteiger partial charge in [-0.1, -0.05) is 18.2 Å². The van der Waals surface area contributed by atoms with Crippen LogP contribution in [0.3, 0.4) is 0 Å². The van der Waals surface area contributed by atoms with E-state index >= 15 is 0 Å². The maximum Gasteiger partial charge on any atom is 0.257 e. The minimum Gasteiger partial charge on any atom is -0.322 e. The van der Waals surface area contributed by atoms with E-state index in [1.807, 2.05) is 47.1 Å². The number of nitrogens with zero attached hydrogens (tertiary/aromatic N) is 2. The van der Waals surface area contributed by atoms with Gasteiger partial charge in [0.1, 0.15) is 0 Å². The highest BCUT2D eigenvalue weighted by Gasteiger charge is 2.11. The van der Waals surface area contributed by atoms with Gasteiger partial charge in [0.05, 0.1) is 17.3 Å². The van der Waals surface area contributed by atoms with Gasteiger partial charge in [0.25, 0.3) is 5.91 Å². The molecule has 0 aliphatic rings. The van der Waals surface area contributed by atoms with Crippen molar-refractivity contribution in [3.05, 3.63) is 66.7 Å². The van der Waals surface area contributed by atoms with Crippen molar-refractivity contribution in [2.75, 3.05) is 5.32 Å². The highest BCUT2D eigenvalue weighted by molar-refractivity contribution is 6.08. The smallest absolute Gasteiger partial charge is 0.257 e. The monoisotopic (exact) mass is 237 g/mol. The van der Waals surface area contributed by atoms with Crippen molar-refractivity contribution >= 4 is 17.1 Å². The number of aromatic nitrogens is 2. The van der Waals surface area contributed by atoms with Crippen LogP contribution in [0, 0.1) is 0 Å². The molecular weight excluding hydrogens is 226 g/mol. The zero-order chi connectivity index (χ0) is 12.4. The Morgan fingerprint density at radius 2 is 1.94 bits per heavy atom. The molecule has 1 amide bonds. The molecule has 0 unspecified atom stereocenters. The molecule has 0 fully saturated rings. The maximum absolute atomic E-state index is 12.1. The lowest BCUT2D eigenvalue weighted by Crippen LogP contribution is -2.11. The third-order valence-electron chi connectivity index (χ3n) is 2.74. The summed E-state index contributed by atoms with van der Waals surface area (Å²) < 4.78 is 1.87. The molecule has 0 saturated heterocycles. The second-order valence-corrected chi connectivity index (χ2v) is 3.92. The summed E-state index contributed by atoms with van der Waals surface area (Å²) in [4.78, 5) is 16.2. The minimum absolute atomic E-state index is 0.128. The van der Waals surface area contributed by atoms with Gasteiger partial charge < -0.3 is 9.72 Å². The van der Waals surface area contributed by atoms with Crippen LogP contribution >= 0.6 is 0 Å². The van der Waals surface area contributed by atoms with Gasteiger partial charge >= 0.3 is 0 Å². The molecule has 4 nitrogen and oxygen atoms in total. The molecule has 3 aromatic rings. The second-order valence-electron chi connectivity index (χ2n) is 3.92. The molecule has 0 bridgehead atoms. The number of fused-ring (bicyclic) bond motifs is 1. The van der Waals surface area contributed by atoms with E-state index in [-0.39, 0.29) is 5.91 Å². The fourth-order valence-electron chi connectivity index (χ4n) is 1.86. The van der Waals surface area contributed by atoms with E-state index < -0.39 is 0 Å². The van der Waals surface area contributed by atoms with Gasteiger partial charge in [-0.2, -0.15) is 0 Å². The van der Waals surface area contributed by atoms with Crippen molar-refractivity contribution in [3.8, 4) is 0 Å². The highest BCUT2D eigenvalue weighted by atomic mass is 16.1. The standard InChI is InChI=1S/C14H11N3O/c18-14(16-11-4-2-1-3-5-11)12-6-8-17-9-7-15-10-13(12)17/h1-10H,(H,16,18). The number of carbonyl (C=O) groups is 1. The quantitative estimate of drug-likeness (QED) is 0.744. The number of rotatable bonds is 2. The molecule has 1 N–H and O–H groups in total. The van der Waals surface area contributed by atoms with Crippen LogP contribution in [0.4, 0.5) is 5.69 Å². The van der Waals surface area contributed by atoms with Crippen molar-refractivity contribution in [3.63, 3.8) is 0 Å². The van der Waals surface area contributed by atoms with Crippen molar-refractivity contribution in [1.82, 2.24) is 9.38 Å². The van der Waals surface area contributed by atoms with Gasteiger partial charge in [-0.25, -0.2) is 0 Å². The van der Waals surface area contributed by atoms with E-state index in [9.17, 15) is 4.79 Å². The van der Waals surface area contributed by atoms with E-state index in [4.69, 9.17) is 0 Å². The third-order valence-corrected chi connectivity index (χ3v) is 2.74. The summed E-state index contributed by atoms with van der Waals surface area (Å²) >= 11 is 0. The summed E-state index contributed by atoms with van der Waals surface area (Å²) in [6.45, 7) is 0. The molecule has 0 aliphatic carbocycles. The number of para-hydroxylation sites is 1. The summed E-state index contributed by atoms with van der Waals surface area (Å²) in [6, 6.07) is 11.2. The van der Waals surface area contributed by atoms with Crippen LogP contribution in [0.1, 0.15) is 10.4 Å². The molecule has 0 aliphatic heterocycles. The van der Waals surface area contributed by atoms with E-state index in [0.29, 0.717) is 5.56 Å². The predicted octanol–water partition coefficient (Wildman–Crippen LogP) is 2.59. The van der Waals surface area contributed by atoms with Crippen molar-refractivity contribution < 1.29 is 4.79 Å². The Bertz CT molecular complexity index is 688. The molecule has 0 saturated carbocycles. The Kier molecular flexibility index (Phi) is 2.53. The van der Waals surface area contributed by atoms with Gasteiger partial charge in [0, 0.05) is 24.3 Å². The molecule has 18 heavy (non-hydrogen) atoms. The first-order chi connectivity index (χ1) is 8.84. The number of benzene rings is 1. The van der Waals surface area contributed by atoms with Gasteiger partial charge in [0.15, 0.2) is 0 Å². The Morgan fingerprint density at radius 3 is 2.78 bits per heavy atom. The first-order valence-electron chi connectivity index (χ1n) is 5.62. The van der Waals surface area contributed by atoms with Crippen LogP contribution in [-0.2, 0) is 0 Å². The molecule has 0 radical (unpaired) electrons. The summed E-state index contributed by atoms with van der Waals surface area (Å²) in [5.74, 6) is -0.128. The van der Waals surface area contributed by atoms with Crippen LogP contribution in [0.2, 0.25) is 0 Å². The maximum atomic E-state index is 12.1. The molecule has 2 heterocycles. The van der Waals surface area contributed by atoms with Gasteiger partial charge in [0.2, 0.25) is 0 Å². The van der Waals surface area contributed by atoms with E-state index in [2.05, 4.69) is 10.3 Å². The first kappa shape index (κ1) is 10.5. The average Bonchev–Trinajstić information content (AvgIpc) is 2.84. The van der Waals surface area contributed by atoms with Crippen LogP contribution in [0.15, 0.2) is 61.2 Å². The fraction of sp³-hybridized carbons (Fsp3) is 0. The van der Waals surface area contributed by atoms with Crippen molar-refractivity contribution in [2.45, 2.75) is 0 Å². The Morgan fingerprint density at radius 1 is 1.11 bits per heavy atom. The van der Waals surface area contributed by atoms with Crippen LogP contribution < -0.4 is 5.32 Å². The number of carbonyl (C=O) groups excluding carboxylic acids is 1. The van der Waals surface area contributed by atoms with Crippen molar-refractivity contribution in [2.24, 2.45) is 0 Å². The lowest BCUT2D eigenvalue weighted by Gasteiger charge is -2.03. The largest absolute Gasteiger partial charge is 0.322 e. The summed E-state index contributed by atoms with van der Waals surface area (Å²) in [5, 5.41) is 2.86. The molecule has 1 aromatic carbocycles. The molecule has 4 heteroatoms. The van der Waals surface area contributed by atoms with Crippen molar-refractivity contribution in [1.29, 1.82) is 0 Å². The lowest BCUT2D eigenvalue weighted by atomic mass is 10.2. The third kappa shape index (κ3) is 1.84. The molecule has 88 valence electrons. The van der Waals surface area contributed by atoms with E-state index in [0.717, 1.165) is 11.2 Å². The van der Waals surface area contributed by atoms with Gasteiger partial charge in [-0.3, -0.25) is 9.78 Å². The van der Waals surface area contributed by atoms with Gasteiger partial charge in [-0.05, 0) is 18.2 Å². The number of anilines is 1. The number of hydrogen-bond donors (Lipinski definition) is 1. The summed E-state index contributed by atoms with van der Waals surface area (Å²) in [5.41, 5.74) is 2.20. The fourth-order valence-corrected chi connectivity index (χ4v) is 1.86. The molecule has 0 spiro atoms. The number of amides is 1. The van der Waals surface area contributed by atoms with Crippen LogP contribution in [-0.4, -0.2) is 15.3 Å². The molecule has 3 rings (SSSR count). The Labute approximate surface area is 104 Å². The van der Waals surface area contributed by atoms with Crippen LogP contribution in [0.25, 0.3) is 5.52 Å². The molecule has 2 aromatic heterocycles. The topological polar surface area (TPSA) is 46.4 Å². The normalized spacial score (nSPS) is 10.4. The van der Waals surface area contributed by atoms with E-state index in [1.54, 1.807) is 18.5 Å². The predicted molar refractivity (Wildman–Crippen MR) is 69.6 cm³/mol. The zero-order valence-electron chi connectivity index (χ0n) is 9.58. The highest BCUT2D eigenvalue weighted by Crippen LogP contribution is 2.14. The molecule has 0 atom stereocenters. The first-order valence-corrected chi connectivity index (χ1v) is 5.62. The minimum atomic E-state index is -0.128. The summed E-state index contributed by atoms with van der Waals surface area (Å²) in [7, 11) is 0. The van der Waals surface area contributed by atoms with E-state index in [1.165, 1.54) is 0 Å². The van der Waals surface area contributed by atoms with Crippen LogP contribution in [0.5, 0.6) is 0 Å². The lowest BCUT2D eigenvalue weighted by molar-refractivity contribution is 0.102. The second kappa shape index (κ2) is 4.33. The summed E-state index contributed by atoms with van der Waals surface area (Å²) in [6.07, 6.45) is 7.03. The van der Waals surface area contributed by atoms with Gasteiger partial charge in [-0.15, -0.1) is 0 Å². The average molecular weight is 237 g/mol. The number of nitrogens with one attached hydrogen (secondary N) is 1.